The van der Waals surface area contributed by atoms with E-state index in [9.17, 15) is 4.39 Å². The van der Waals surface area contributed by atoms with E-state index >= 15 is 0 Å². The van der Waals surface area contributed by atoms with Gasteiger partial charge in [-0.05, 0) is 30.3 Å². The van der Waals surface area contributed by atoms with Crippen LogP contribution in [0.3, 0.4) is 0 Å². The number of hydrogen-bond donors (Lipinski definition) is 1. The standard InChI is InChI=1S/C15H10ClFN2S/c16-9-5-6-13-11(7-9)15(18-8-14(20)19-13)10-3-1-2-4-12(10)17/h1-7H,8H2,(H,19,20). The van der Waals surface area contributed by atoms with Gasteiger partial charge in [0.05, 0.1) is 12.3 Å². The highest BCUT2D eigenvalue weighted by Gasteiger charge is 2.19. The molecule has 0 aromatic heterocycles. The van der Waals surface area contributed by atoms with Gasteiger partial charge in [-0.25, -0.2) is 4.39 Å². The van der Waals surface area contributed by atoms with Crippen LogP contribution >= 0.6 is 23.8 Å². The van der Waals surface area contributed by atoms with Crippen LogP contribution in [0.1, 0.15) is 11.1 Å². The van der Waals surface area contributed by atoms with Crippen molar-refractivity contribution in [3.8, 4) is 0 Å². The van der Waals surface area contributed by atoms with E-state index in [1.807, 2.05) is 6.07 Å². The van der Waals surface area contributed by atoms with E-state index in [1.54, 1.807) is 30.3 Å². The Morgan fingerprint density at radius 3 is 2.75 bits per heavy atom. The van der Waals surface area contributed by atoms with E-state index in [1.165, 1.54) is 6.07 Å². The van der Waals surface area contributed by atoms with Gasteiger partial charge in [0, 0.05) is 21.8 Å². The number of rotatable bonds is 1. The smallest absolute Gasteiger partial charge is 0.132 e. The summed E-state index contributed by atoms with van der Waals surface area (Å²) in [6.07, 6.45) is 0. The Morgan fingerprint density at radius 2 is 1.95 bits per heavy atom. The Labute approximate surface area is 126 Å². The first kappa shape index (κ1) is 13.2. The van der Waals surface area contributed by atoms with Crippen LogP contribution in [0.2, 0.25) is 5.02 Å². The monoisotopic (exact) mass is 304 g/mol. The molecule has 1 heterocycles. The van der Waals surface area contributed by atoms with Gasteiger partial charge in [-0.3, -0.25) is 4.99 Å². The van der Waals surface area contributed by atoms with Gasteiger partial charge in [0.1, 0.15) is 10.8 Å². The van der Waals surface area contributed by atoms with Crippen molar-refractivity contribution in [1.82, 2.24) is 0 Å². The second-order valence-corrected chi connectivity index (χ2v) is 5.31. The zero-order valence-corrected chi connectivity index (χ0v) is 11.9. The molecular weight excluding hydrogens is 295 g/mol. The Hall–Kier alpha value is -1.78. The van der Waals surface area contributed by atoms with Crippen molar-refractivity contribution >= 4 is 40.2 Å². The summed E-state index contributed by atoms with van der Waals surface area (Å²) in [5.41, 5.74) is 2.55. The third-order valence-electron chi connectivity index (χ3n) is 3.02. The van der Waals surface area contributed by atoms with Gasteiger partial charge in [-0.15, -0.1) is 0 Å². The molecule has 2 aromatic rings. The third kappa shape index (κ3) is 2.44. The predicted molar refractivity (Wildman–Crippen MR) is 84.6 cm³/mol. The van der Waals surface area contributed by atoms with Crippen molar-refractivity contribution in [2.24, 2.45) is 4.99 Å². The summed E-state index contributed by atoms with van der Waals surface area (Å²) >= 11 is 11.2. The van der Waals surface area contributed by atoms with Crippen LogP contribution in [0.15, 0.2) is 47.5 Å². The molecule has 0 radical (unpaired) electrons. The molecule has 0 fully saturated rings. The van der Waals surface area contributed by atoms with Gasteiger partial charge < -0.3 is 5.32 Å². The van der Waals surface area contributed by atoms with Crippen LogP contribution in [-0.4, -0.2) is 17.2 Å². The molecule has 5 heteroatoms. The molecule has 3 rings (SSSR count). The van der Waals surface area contributed by atoms with Gasteiger partial charge in [-0.1, -0.05) is 36.0 Å². The lowest BCUT2D eigenvalue weighted by molar-refractivity contribution is 0.625. The van der Waals surface area contributed by atoms with Crippen molar-refractivity contribution in [2.45, 2.75) is 0 Å². The van der Waals surface area contributed by atoms with Gasteiger partial charge >= 0.3 is 0 Å². The molecule has 0 spiro atoms. The van der Waals surface area contributed by atoms with Gasteiger partial charge in [0.2, 0.25) is 0 Å². The average Bonchev–Trinajstić information content (AvgIpc) is 2.58. The van der Waals surface area contributed by atoms with Crippen molar-refractivity contribution in [2.75, 3.05) is 11.9 Å². The minimum absolute atomic E-state index is 0.315. The molecule has 2 aromatic carbocycles. The minimum atomic E-state index is -0.315. The number of hydrogen-bond acceptors (Lipinski definition) is 2. The molecule has 0 saturated heterocycles. The molecule has 0 saturated carbocycles. The summed E-state index contributed by atoms with van der Waals surface area (Å²) in [6.45, 7) is 0.325. The summed E-state index contributed by atoms with van der Waals surface area (Å²) in [4.78, 5) is 5.03. The fourth-order valence-electron chi connectivity index (χ4n) is 2.13. The highest BCUT2D eigenvalue weighted by Crippen LogP contribution is 2.27. The number of halogens is 2. The second kappa shape index (κ2) is 5.31. The molecule has 0 aliphatic carbocycles. The van der Waals surface area contributed by atoms with Crippen LogP contribution < -0.4 is 5.32 Å². The second-order valence-electron chi connectivity index (χ2n) is 4.38. The largest absolute Gasteiger partial charge is 0.348 e. The number of aliphatic imine (C=N–C) groups is 1. The quantitative estimate of drug-likeness (QED) is 0.803. The van der Waals surface area contributed by atoms with Crippen LogP contribution in [0, 0.1) is 5.82 Å². The summed E-state index contributed by atoms with van der Waals surface area (Å²) in [6, 6.07) is 11.9. The van der Waals surface area contributed by atoms with Gasteiger partial charge in [0.25, 0.3) is 0 Å². The van der Waals surface area contributed by atoms with Crippen LogP contribution in [0.4, 0.5) is 10.1 Å². The Balaban J connectivity index is 2.23. The molecule has 1 aliphatic rings. The fourth-order valence-corrected chi connectivity index (χ4v) is 2.48. The molecule has 0 amide bonds. The topological polar surface area (TPSA) is 24.4 Å². The normalized spacial score (nSPS) is 14.1. The van der Waals surface area contributed by atoms with E-state index in [0.717, 1.165) is 11.3 Å². The van der Waals surface area contributed by atoms with Crippen LogP contribution in [-0.2, 0) is 0 Å². The van der Waals surface area contributed by atoms with E-state index in [2.05, 4.69) is 10.3 Å². The van der Waals surface area contributed by atoms with Gasteiger partial charge in [-0.2, -0.15) is 0 Å². The lowest BCUT2D eigenvalue weighted by atomic mass is 10.0. The molecule has 2 nitrogen and oxygen atoms in total. The minimum Gasteiger partial charge on any atom is -0.348 e. The summed E-state index contributed by atoms with van der Waals surface area (Å²) < 4.78 is 14.0. The SMILES string of the molecule is Fc1ccccc1C1=NCC(=S)Nc2ccc(Cl)cc21. The average molecular weight is 305 g/mol. The molecule has 1 N–H and O–H groups in total. The summed E-state index contributed by atoms with van der Waals surface area (Å²) in [5, 5.41) is 3.68. The number of anilines is 1. The van der Waals surface area contributed by atoms with Crippen molar-refractivity contribution < 1.29 is 4.39 Å². The first-order valence-corrected chi connectivity index (χ1v) is 6.83. The zero-order chi connectivity index (χ0) is 14.1. The molecule has 0 unspecified atom stereocenters. The first-order valence-electron chi connectivity index (χ1n) is 6.04. The number of nitrogens with one attached hydrogen (secondary N) is 1. The Bertz CT molecular complexity index is 728. The molecule has 100 valence electrons. The summed E-state index contributed by atoms with van der Waals surface area (Å²) in [7, 11) is 0. The maximum atomic E-state index is 14.0. The number of thiocarbonyl (C=S) groups is 1. The molecule has 1 aliphatic heterocycles. The lowest BCUT2D eigenvalue weighted by Gasteiger charge is -2.11. The number of benzodiazepines with no additional fused rings is 1. The van der Waals surface area contributed by atoms with E-state index in [4.69, 9.17) is 23.8 Å². The fraction of sp³-hybridized carbons (Fsp3) is 0.0667. The highest BCUT2D eigenvalue weighted by atomic mass is 35.5. The molecule has 0 bridgehead atoms. The van der Waals surface area contributed by atoms with Crippen molar-refractivity contribution in [3.63, 3.8) is 0 Å². The van der Waals surface area contributed by atoms with Gasteiger partial charge in [0.15, 0.2) is 0 Å². The molecular formula is C15H10ClFN2S. The number of fused-ring (bicyclic) bond motifs is 1. The number of benzene rings is 2. The maximum Gasteiger partial charge on any atom is 0.132 e. The van der Waals surface area contributed by atoms with E-state index in [-0.39, 0.29) is 5.82 Å². The third-order valence-corrected chi connectivity index (χ3v) is 3.49. The van der Waals surface area contributed by atoms with E-state index < -0.39 is 0 Å². The van der Waals surface area contributed by atoms with Crippen LogP contribution in [0.25, 0.3) is 0 Å². The maximum absolute atomic E-state index is 14.0. The lowest BCUT2D eigenvalue weighted by Crippen LogP contribution is -2.10. The molecule has 0 atom stereocenters. The van der Waals surface area contributed by atoms with Crippen molar-refractivity contribution in [3.05, 3.63) is 64.4 Å². The van der Waals surface area contributed by atoms with Crippen LogP contribution in [0.5, 0.6) is 0 Å². The predicted octanol–water partition coefficient (Wildman–Crippen LogP) is 4.07. The zero-order valence-electron chi connectivity index (χ0n) is 10.4. The first-order chi connectivity index (χ1) is 9.65. The Morgan fingerprint density at radius 1 is 1.15 bits per heavy atom. The Kier molecular flexibility index (Phi) is 3.51. The van der Waals surface area contributed by atoms with Crippen molar-refractivity contribution in [1.29, 1.82) is 0 Å². The number of nitrogens with zero attached hydrogens (tertiary/aromatic N) is 1. The van der Waals surface area contributed by atoms with E-state index in [0.29, 0.717) is 27.8 Å². The highest BCUT2D eigenvalue weighted by molar-refractivity contribution is 7.80. The summed E-state index contributed by atoms with van der Waals surface area (Å²) in [5.74, 6) is -0.315. The molecule has 20 heavy (non-hydrogen) atoms.